The van der Waals surface area contributed by atoms with Crippen LogP contribution in [-0.4, -0.2) is 29.5 Å². The van der Waals surface area contributed by atoms with E-state index in [2.05, 4.69) is 5.32 Å². The highest BCUT2D eigenvalue weighted by atomic mass is 35.5. The quantitative estimate of drug-likeness (QED) is 0.767. The van der Waals surface area contributed by atoms with Gasteiger partial charge in [0.2, 0.25) is 0 Å². The molecule has 3 N–H and O–H groups in total. The summed E-state index contributed by atoms with van der Waals surface area (Å²) in [6.07, 6.45) is -0.750. The van der Waals surface area contributed by atoms with Gasteiger partial charge >= 0.3 is 0 Å². The minimum Gasteiger partial charge on any atom is -0.394 e. The van der Waals surface area contributed by atoms with Crippen molar-refractivity contribution in [3.05, 3.63) is 20.3 Å². The van der Waals surface area contributed by atoms with E-state index >= 15 is 0 Å². The molecule has 0 aliphatic carbocycles. The summed E-state index contributed by atoms with van der Waals surface area (Å²) in [5.41, 5.74) is 0.914. The number of aliphatic hydroxyl groups excluding tert-OH is 2. The molecule has 0 aliphatic rings. The first-order valence-electron chi connectivity index (χ1n) is 4.51. The monoisotopic (exact) mass is 269 g/mol. The van der Waals surface area contributed by atoms with Gasteiger partial charge in [0.05, 0.1) is 21.4 Å². The van der Waals surface area contributed by atoms with E-state index in [0.717, 1.165) is 5.56 Å². The lowest BCUT2D eigenvalue weighted by Gasteiger charge is -2.15. The molecule has 0 aliphatic heterocycles. The predicted molar refractivity (Wildman–Crippen MR) is 63.8 cm³/mol. The van der Waals surface area contributed by atoms with Crippen molar-refractivity contribution in [1.82, 2.24) is 5.32 Å². The van der Waals surface area contributed by atoms with Crippen molar-refractivity contribution in [3.63, 3.8) is 0 Å². The van der Waals surface area contributed by atoms with Crippen molar-refractivity contribution in [3.8, 4) is 0 Å². The Bertz CT molecular complexity index is 319. The first-order valence-corrected chi connectivity index (χ1v) is 6.09. The van der Waals surface area contributed by atoms with Crippen molar-refractivity contribution < 1.29 is 10.2 Å². The lowest BCUT2D eigenvalue weighted by atomic mass is 10.2. The molecular weight excluding hydrogens is 257 g/mol. The van der Waals surface area contributed by atoms with Gasteiger partial charge in [-0.1, -0.05) is 23.2 Å². The molecule has 15 heavy (non-hydrogen) atoms. The molecule has 0 bridgehead atoms. The number of hydrogen-bond donors (Lipinski definition) is 3. The number of aliphatic hydroxyl groups is 2. The van der Waals surface area contributed by atoms with Crippen molar-refractivity contribution in [1.29, 1.82) is 0 Å². The van der Waals surface area contributed by atoms with E-state index in [9.17, 15) is 0 Å². The molecule has 2 atom stereocenters. The van der Waals surface area contributed by atoms with Crippen LogP contribution in [0.25, 0.3) is 0 Å². The van der Waals surface area contributed by atoms with Gasteiger partial charge in [-0.2, -0.15) is 0 Å². The molecule has 1 aromatic rings. The Morgan fingerprint density at radius 1 is 1.53 bits per heavy atom. The molecule has 6 heteroatoms. The summed E-state index contributed by atoms with van der Waals surface area (Å²) in [4.78, 5) is 0. The Kier molecular flexibility index (Phi) is 5.32. The predicted octanol–water partition coefficient (Wildman–Crippen LogP) is 2.06. The molecule has 86 valence electrons. The Hall–Kier alpha value is 0.160. The number of nitrogens with one attached hydrogen (secondary N) is 1. The van der Waals surface area contributed by atoms with Gasteiger partial charge in [0.25, 0.3) is 0 Å². The van der Waals surface area contributed by atoms with Gasteiger partial charge in [-0.05, 0) is 18.6 Å². The standard InChI is InChI=1S/C9H13Cl2NO2S/c1-5(12-3-6(14)4-13)7-2-8(10)15-9(7)11/h2,5-6,12-14H,3-4H2,1H3. The van der Waals surface area contributed by atoms with Crippen LogP contribution in [0.4, 0.5) is 0 Å². The second-order valence-electron chi connectivity index (χ2n) is 3.25. The molecule has 0 fully saturated rings. The zero-order valence-electron chi connectivity index (χ0n) is 8.20. The summed E-state index contributed by atoms with van der Waals surface area (Å²) in [6, 6.07) is 1.81. The third-order valence-corrected chi connectivity index (χ3v) is 3.54. The van der Waals surface area contributed by atoms with E-state index in [0.29, 0.717) is 15.2 Å². The van der Waals surface area contributed by atoms with E-state index < -0.39 is 6.10 Å². The van der Waals surface area contributed by atoms with Crippen LogP contribution in [0.3, 0.4) is 0 Å². The van der Waals surface area contributed by atoms with Crippen molar-refractivity contribution >= 4 is 34.5 Å². The van der Waals surface area contributed by atoms with Crippen molar-refractivity contribution in [2.45, 2.75) is 19.1 Å². The van der Waals surface area contributed by atoms with Crippen LogP contribution in [0.15, 0.2) is 6.07 Å². The Balaban J connectivity index is 2.53. The fraction of sp³-hybridized carbons (Fsp3) is 0.556. The summed E-state index contributed by atoms with van der Waals surface area (Å²) in [5.74, 6) is 0. The second kappa shape index (κ2) is 6.03. The zero-order chi connectivity index (χ0) is 11.4. The maximum atomic E-state index is 9.16. The summed E-state index contributed by atoms with van der Waals surface area (Å²) in [6.45, 7) is 1.99. The fourth-order valence-corrected chi connectivity index (χ4v) is 2.78. The molecule has 0 aromatic carbocycles. The number of hydrogen-bond acceptors (Lipinski definition) is 4. The third kappa shape index (κ3) is 3.90. The van der Waals surface area contributed by atoms with Gasteiger partial charge in [-0.25, -0.2) is 0 Å². The average molecular weight is 270 g/mol. The van der Waals surface area contributed by atoms with Gasteiger partial charge in [-0.15, -0.1) is 11.3 Å². The first-order chi connectivity index (χ1) is 7.04. The summed E-state index contributed by atoms with van der Waals surface area (Å²) >= 11 is 13.1. The molecule has 0 saturated heterocycles. The van der Waals surface area contributed by atoms with Crippen LogP contribution >= 0.6 is 34.5 Å². The van der Waals surface area contributed by atoms with Gasteiger partial charge in [-0.3, -0.25) is 0 Å². The van der Waals surface area contributed by atoms with Crippen LogP contribution in [0.1, 0.15) is 18.5 Å². The lowest BCUT2D eigenvalue weighted by Crippen LogP contribution is -2.31. The van der Waals surface area contributed by atoms with Crippen LogP contribution in [-0.2, 0) is 0 Å². The second-order valence-corrected chi connectivity index (χ2v) is 5.53. The number of rotatable bonds is 5. The molecule has 0 spiro atoms. The molecule has 1 heterocycles. The highest BCUT2D eigenvalue weighted by Gasteiger charge is 2.13. The molecular formula is C9H13Cl2NO2S. The maximum absolute atomic E-state index is 9.16. The van der Waals surface area contributed by atoms with Gasteiger partial charge < -0.3 is 15.5 Å². The van der Waals surface area contributed by atoms with Gasteiger partial charge in [0.1, 0.15) is 0 Å². The van der Waals surface area contributed by atoms with Gasteiger partial charge in [0.15, 0.2) is 0 Å². The zero-order valence-corrected chi connectivity index (χ0v) is 10.5. The smallest absolute Gasteiger partial charge is 0.0991 e. The minimum atomic E-state index is -0.750. The maximum Gasteiger partial charge on any atom is 0.0991 e. The number of thiophene rings is 1. The van der Waals surface area contributed by atoms with Crippen molar-refractivity contribution in [2.75, 3.05) is 13.2 Å². The SMILES string of the molecule is CC(NCC(O)CO)c1cc(Cl)sc1Cl. The van der Waals surface area contributed by atoms with E-state index in [4.69, 9.17) is 33.4 Å². The van der Waals surface area contributed by atoms with E-state index in [1.165, 1.54) is 11.3 Å². The fourth-order valence-electron chi connectivity index (χ4n) is 1.14. The van der Waals surface area contributed by atoms with Gasteiger partial charge in [0, 0.05) is 12.6 Å². The Labute approximate surface area is 103 Å². The third-order valence-electron chi connectivity index (χ3n) is 2.02. The highest BCUT2D eigenvalue weighted by molar-refractivity contribution is 7.20. The summed E-state index contributed by atoms with van der Waals surface area (Å²) < 4.78 is 1.30. The van der Waals surface area contributed by atoms with E-state index in [1.807, 2.05) is 6.92 Å². The topological polar surface area (TPSA) is 52.5 Å². The van der Waals surface area contributed by atoms with Crippen molar-refractivity contribution in [2.24, 2.45) is 0 Å². The summed E-state index contributed by atoms with van der Waals surface area (Å²) in [5, 5.41) is 20.9. The van der Waals surface area contributed by atoms with E-state index in [-0.39, 0.29) is 12.6 Å². The van der Waals surface area contributed by atoms with Crippen LogP contribution in [0.2, 0.25) is 8.67 Å². The Morgan fingerprint density at radius 2 is 2.20 bits per heavy atom. The minimum absolute atomic E-state index is 0.00227. The van der Waals surface area contributed by atoms with Crippen LogP contribution < -0.4 is 5.32 Å². The molecule has 0 amide bonds. The Morgan fingerprint density at radius 3 is 2.67 bits per heavy atom. The van der Waals surface area contributed by atoms with Crippen LogP contribution in [0, 0.1) is 0 Å². The molecule has 0 radical (unpaired) electrons. The molecule has 1 rings (SSSR count). The lowest BCUT2D eigenvalue weighted by molar-refractivity contribution is 0.0924. The molecule has 0 saturated carbocycles. The summed E-state index contributed by atoms with van der Waals surface area (Å²) in [7, 11) is 0. The highest BCUT2D eigenvalue weighted by Crippen LogP contribution is 2.34. The molecule has 3 nitrogen and oxygen atoms in total. The largest absolute Gasteiger partial charge is 0.394 e. The first kappa shape index (κ1) is 13.2. The van der Waals surface area contributed by atoms with Crippen LogP contribution in [0.5, 0.6) is 0 Å². The molecule has 1 aromatic heterocycles. The van der Waals surface area contributed by atoms with E-state index in [1.54, 1.807) is 6.07 Å². The average Bonchev–Trinajstić information content (AvgIpc) is 2.53. The normalized spacial score (nSPS) is 15.3. The molecule has 2 unspecified atom stereocenters. The number of halogens is 2.